The largest absolute Gasteiger partial charge is 0.368 e. The van der Waals surface area contributed by atoms with Crippen LogP contribution in [0.25, 0.3) is 0 Å². The predicted molar refractivity (Wildman–Crippen MR) is 80.8 cm³/mol. The van der Waals surface area contributed by atoms with E-state index in [1.165, 1.54) is 5.69 Å². The van der Waals surface area contributed by atoms with E-state index in [0.717, 1.165) is 24.0 Å². The zero-order valence-corrected chi connectivity index (χ0v) is 12.4. The van der Waals surface area contributed by atoms with E-state index in [1.54, 1.807) is 12.3 Å². The molecule has 20 heavy (non-hydrogen) atoms. The molecule has 0 radical (unpaired) electrons. The van der Waals surface area contributed by atoms with Gasteiger partial charge in [-0.25, -0.2) is 0 Å². The Morgan fingerprint density at radius 3 is 3.00 bits per heavy atom. The number of aromatic amines is 1. The molecule has 0 spiro atoms. The summed E-state index contributed by atoms with van der Waals surface area (Å²) < 4.78 is 1.08. The van der Waals surface area contributed by atoms with Gasteiger partial charge in [-0.2, -0.15) is 5.10 Å². The maximum atomic E-state index is 12.0. The maximum Gasteiger partial charge on any atom is 0.269 e. The highest BCUT2D eigenvalue weighted by molar-refractivity contribution is 9.10. The SMILES string of the molecule is O=C(N[C@H]1CCN(c2ccccc2Br)C1)c1ccn[nH]1. The summed E-state index contributed by atoms with van der Waals surface area (Å²) in [6.45, 7) is 1.76. The second kappa shape index (κ2) is 5.66. The number of hydrogen-bond acceptors (Lipinski definition) is 3. The van der Waals surface area contributed by atoms with E-state index >= 15 is 0 Å². The lowest BCUT2D eigenvalue weighted by Gasteiger charge is -2.20. The van der Waals surface area contributed by atoms with Crippen LogP contribution in [0.15, 0.2) is 41.0 Å². The second-order valence-electron chi connectivity index (χ2n) is 4.83. The summed E-state index contributed by atoms with van der Waals surface area (Å²) in [5.74, 6) is -0.0959. The van der Waals surface area contributed by atoms with E-state index in [2.05, 4.69) is 42.4 Å². The molecule has 5 nitrogen and oxygen atoms in total. The summed E-state index contributed by atoms with van der Waals surface area (Å²) in [6, 6.07) is 9.99. The van der Waals surface area contributed by atoms with Gasteiger partial charge in [0.15, 0.2) is 0 Å². The molecule has 2 aromatic rings. The van der Waals surface area contributed by atoms with Gasteiger partial charge in [-0.1, -0.05) is 12.1 Å². The molecule has 6 heteroatoms. The standard InChI is InChI=1S/C14H15BrN4O/c15-11-3-1-2-4-13(11)19-8-6-10(9-19)17-14(20)12-5-7-16-18-12/h1-5,7,10H,6,8-9H2,(H,16,18)(H,17,20)/t10-/m0/s1. The number of hydrogen-bond donors (Lipinski definition) is 2. The molecule has 1 atom stereocenters. The van der Waals surface area contributed by atoms with E-state index in [9.17, 15) is 4.79 Å². The molecule has 1 amide bonds. The summed E-state index contributed by atoms with van der Waals surface area (Å²) in [7, 11) is 0. The van der Waals surface area contributed by atoms with Gasteiger partial charge >= 0.3 is 0 Å². The normalized spacial score (nSPS) is 18.2. The van der Waals surface area contributed by atoms with Crippen LogP contribution in [0.2, 0.25) is 0 Å². The Labute approximate surface area is 125 Å². The van der Waals surface area contributed by atoms with Crippen LogP contribution < -0.4 is 10.2 Å². The molecule has 0 bridgehead atoms. The van der Waals surface area contributed by atoms with E-state index in [-0.39, 0.29) is 11.9 Å². The van der Waals surface area contributed by atoms with Crippen LogP contribution in [0.1, 0.15) is 16.9 Å². The van der Waals surface area contributed by atoms with Crippen LogP contribution in [-0.2, 0) is 0 Å². The van der Waals surface area contributed by atoms with Crippen LogP contribution in [0.5, 0.6) is 0 Å². The quantitative estimate of drug-likeness (QED) is 0.904. The lowest BCUT2D eigenvalue weighted by atomic mass is 10.2. The van der Waals surface area contributed by atoms with Crippen LogP contribution in [-0.4, -0.2) is 35.2 Å². The van der Waals surface area contributed by atoms with Crippen LogP contribution in [0, 0.1) is 0 Å². The van der Waals surface area contributed by atoms with Crippen LogP contribution in [0.4, 0.5) is 5.69 Å². The zero-order chi connectivity index (χ0) is 13.9. The highest BCUT2D eigenvalue weighted by Gasteiger charge is 2.25. The molecule has 104 valence electrons. The van der Waals surface area contributed by atoms with Crippen molar-refractivity contribution >= 4 is 27.5 Å². The van der Waals surface area contributed by atoms with Crippen molar-refractivity contribution in [1.82, 2.24) is 15.5 Å². The molecular formula is C14H15BrN4O. The first-order valence-electron chi connectivity index (χ1n) is 6.54. The van der Waals surface area contributed by atoms with Gasteiger partial charge in [0, 0.05) is 29.8 Å². The third-order valence-corrected chi connectivity index (χ3v) is 4.13. The summed E-state index contributed by atoms with van der Waals surface area (Å²) in [6.07, 6.45) is 2.53. The van der Waals surface area contributed by atoms with Gasteiger partial charge in [0.05, 0.1) is 5.69 Å². The van der Waals surface area contributed by atoms with Crippen molar-refractivity contribution in [1.29, 1.82) is 0 Å². The molecule has 2 heterocycles. The summed E-state index contributed by atoms with van der Waals surface area (Å²) in [4.78, 5) is 14.2. The fraction of sp³-hybridized carbons (Fsp3) is 0.286. The second-order valence-corrected chi connectivity index (χ2v) is 5.68. The smallest absolute Gasteiger partial charge is 0.269 e. The van der Waals surface area contributed by atoms with Crippen molar-refractivity contribution in [2.45, 2.75) is 12.5 Å². The Kier molecular flexibility index (Phi) is 3.73. The fourth-order valence-corrected chi connectivity index (χ4v) is 2.99. The number of benzene rings is 1. The number of halogens is 1. The number of amides is 1. The van der Waals surface area contributed by atoms with Crippen molar-refractivity contribution < 1.29 is 4.79 Å². The average molecular weight is 335 g/mol. The van der Waals surface area contributed by atoms with E-state index < -0.39 is 0 Å². The Bertz CT molecular complexity index is 599. The molecule has 1 aromatic carbocycles. The molecule has 3 rings (SSSR count). The molecule has 2 N–H and O–H groups in total. The minimum absolute atomic E-state index is 0.0959. The minimum atomic E-state index is -0.0959. The van der Waals surface area contributed by atoms with Gasteiger partial charge < -0.3 is 10.2 Å². The molecular weight excluding hydrogens is 320 g/mol. The van der Waals surface area contributed by atoms with Gasteiger partial charge in [0.1, 0.15) is 5.69 Å². The fourth-order valence-electron chi connectivity index (χ4n) is 2.45. The molecule has 1 aromatic heterocycles. The third-order valence-electron chi connectivity index (χ3n) is 3.46. The number of anilines is 1. The Morgan fingerprint density at radius 1 is 1.40 bits per heavy atom. The number of carbonyl (C=O) groups excluding carboxylic acids is 1. The van der Waals surface area contributed by atoms with Crippen LogP contribution >= 0.6 is 15.9 Å². The predicted octanol–water partition coefficient (Wildman–Crippen LogP) is 2.18. The van der Waals surface area contributed by atoms with E-state index in [4.69, 9.17) is 0 Å². The first kappa shape index (κ1) is 13.2. The number of carbonyl (C=O) groups is 1. The Hall–Kier alpha value is -1.82. The van der Waals surface area contributed by atoms with Crippen molar-refractivity contribution in [2.24, 2.45) is 0 Å². The molecule has 1 saturated heterocycles. The zero-order valence-electron chi connectivity index (χ0n) is 10.8. The highest BCUT2D eigenvalue weighted by Crippen LogP contribution is 2.28. The lowest BCUT2D eigenvalue weighted by Crippen LogP contribution is -2.37. The summed E-state index contributed by atoms with van der Waals surface area (Å²) >= 11 is 3.57. The molecule has 1 aliphatic heterocycles. The molecule has 1 aliphatic rings. The summed E-state index contributed by atoms with van der Waals surface area (Å²) in [5, 5.41) is 9.50. The van der Waals surface area contributed by atoms with E-state index in [1.807, 2.05) is 18.2 Å². The van der Waals surface area contributed by atoms with Gasteiger partial charge in [-0.15, -0.1) is 0 Å². The highest BCUT2D eigenvalue weighted by atomic mass is 79.9. The first-order chi connectivity index (χ1) is 9.74. The average Bonchev–Trinajstić information content (AvgIpc) is 3.10. The van der Waals surface area contributed by atoms with Crippen molar-refractivity contribution in [3.8, 4) is 0 Å². The van der Waals surface area contributed by atoms with Gasteiger partial charge in [0.25, 0.3) is 5.91 Å². The molecule has 1 fully saturated rings. The first-order valence-corrected chi connectivity index (χ1v) is 7.33. The van der Waals surface area contributed by atoms with Crippen molar-refractivity contribution in [3.05, 3.63) is 46.7 Å². The minimum Gasteiger partial charge on any atom is -0.368 e. The molecule has 0 saturated carbocycles. The monoisotopic (exact) mass is 334 g/mol. The van der Waals surface area contributed by atoms with Gasteiger partial charge in [0.2, 0.25) is 0 Å². The van der Waals surface area contributed by atoms with Crippen molar-refractivity contribution in [2.75, 3.05) is 18.0 Å². The Balaban J connectivity index is 1.63. The molecule has 0 unspecified atom stereocenters. The van der Waals surface area contributed by atoms with Gasteiger partial charge in [-0.05, 0) is 40.5 Å². The van der Waals surface area contributed by atoms with Gasteiger partial charge in [-0.3, -0.25) is 9.89 Å². The lowest BCUT2D eigenvalue weighted by molar-refractivity contribution is 0.0935. The van der Waals surface area contributed by atoms with Crippen LogP contribution in [0.3, 0.4) is 0 Å². The number of para-hydroxylation sites is 1. The number of nitrogens with one attached hydrogen (secondary N) is 2. The van der Waals surface area contributed by atoms with E-state index in [0.29, 0.717) is 5.69 Å². The van der Waals surface area contributed by atoms with Crippen molar-refractivity contribution in [3.63, 3.8) is 0 Å². The third kappa shape index (κ3) is 2.70. The number of H-pyrrole nitrogens is 1. The topological polar surface area (TPSA) is 61.0 Å². The maximum absolute atomic E-state index is 12.0. The summed E-state index contributed by atoms with van der Waals surface area (Å²) in [5.41, 5.74) is 1.68. The number of nitrogens with zero attached hydrogens (tertiary/aromatic N) is 2. The number of rotatable bonds is 3. The molecule has 0 aliphatic carbocycles. The number of aromatic nitrogens is 2. The Morgan fingerprint density at radius 2 is 2.25 bits per heavy atom.